The Morgan fingerprint density at radius 2 is 2.24 bits per heavy atom. The normalized spacial score (nSPS) is 26.2. The number of aliphatic hydroxyl groups excluding tert-OH is 1. The molecular formula is C18H21NO2. The van der Waals surface area contributed by atoms with Crippen LogP contribution in [-0.2, 0) is 4.79 Å². The number of hydrogen-bond acceptors (Lipinski definition) is 2. The summed E-state index contributed by atoms with van der Waals surface area (Å²) in [6.45, 7) is 0.0770. The van der Waals surface area contributed by atoms with Crippen LogP contribution in [0.1, 0.15) is 37.7 Å². The van der Waals surface area contributed by atoms with Crippen LogP contribution in [0.4, 0.5) is 5.69 Å². The van der Waals surface area contributed by atoms with Crippen LogP contribution in [0.25, 0.3) is 0 Å². The molecule has 2 aliphatic carbocycles. The van der Waals surface area contributed by atoms with Crippen molar-refractivity contribution in [2.45, 2.75) is 32.1 Å². The second-order valence-electron chi connectivity index (χ2n) is 6.13. The van der Waals surface area contributed by atoms with Crippen molar-refractivity contribution in [1.29, 1.82) is 0 Å². The maximum absolute atomic E-state index is 12.4. The van der Waals surface area contributed by atoms with Crippen LogP contribution in [0.3, 0.4) is 0 Å². The second-order valence-corrected chi connectivity index (χ2v) is 6.13. The third-order valence-corrected chi connectivity index (χ3v) is 4.67. The fourth-order valence-electron chi connectivity index (χ4n) is 3.70. The van der Waals surface area contributed by atoms with Crippen LogP contribution >= 0.6 is 0 Å². The van der Waals surface area contributed by atoms with Crippen LogP contribution in [0.5, 0.6) is 0 Å². The molecule has 21 heavy (non-hydrogen) atoms. The highest BCUT2D eigenvalue weighted by molar-refractivity contribution is 5.93. The van der Waals surface area contributed by atoms with Crippen LogP contribution in [0.2, 0.25) is 0 Å². The van der Waals surface area contributed by atoms with E-state index in [1.807, 2.05) is 24.3 Å². The number of carbonyl (C=O) groups excluding carboxylic acids is 1. The van der Waals surface area contributed by atoms with E-state index in [0.717, 1.165) is 23.6 Å². The molecule has 3 unspecified atom stereocenters. The highest BCUT2D eigenvalue weighted by atomic mass is 16.2. The number of aliphatic hydroxyl groups is 1. The highest BCUT2D eigenvalue weighted by Gasteiger charge is 2.42. The molecule has 110 valence electrons. The van der Waals surface area contributed by atoms with Crippen LogP contribution < -0.4 is 5.32 Å². The lowest BCUT2D eigenvalue weighted by Gasteiger charge is -2.20. The lowest BCUT2D eigenvalue weighted by atomic mass is 9.88. The van der Waals surface area contributed by atoms with Crippen molar-refractivity contribution in [1.82, 2.24) is 0 Å². The van der Waals surface area contributed by atoms with Crippen LogP contribution in [-0.4, -0.2) is 17.6 Å². The molecule has 2 fully saturated rings. The number of hydrogen-bond donors (Lipinski definition) is 2. The Kier molecular flexibility index (Phi) is 4.26. The Bertz CT molecular complexity index is 584. The van der Waals surface area contributed by atoms with Gasteiger partial charge in [0.05, 0.1) is 6.61 Å². The van der Waals surface area contributed by atoms with Gasteiger partial charge in [0.2, 0.25) is 5.91 Å². The van der Waals surface area contributed by atoms with E-state index >= 15 is 0 Å². The van der Waals surface area contributed by atoms with Crippen LogP contribution in [0, 0.1) is 29.6 Å². The molecule has 0 aromatic heterocycles. The summed E-state index contributed by atoms with van der Waals surface area (Å²) in [6, 6.07) is 7.62. The molecule has 3 rings (SSSR count). The van der Waals surface area contributed by atoms with E-state index in [9.17, 15) is 4.79 Å². The standard InChI is InChI=1S/C18H21NO2/c20-9-2-1-4-13-5-3-6-16(11-13)19-18(21)17-12-14-7-8-15(17)10-14/h3,5-6,11,14-15,17,20H,2,7-10,12H2,(H,19,21). The predicted octanol–water partition coefficient (Wildman–Crippen LogP) is 2.80. The summed E-state index contributed by atoms with van der Waals surface area (Å²) in [5.41, 5.74) is 1.69. The van der Waals surface area contributed by atoms with Crippen molar-refractivity contribution >= 4 is 11.6 Å². The topological polar surface area (TPSA) is 49.3 Å². The van der Waals surface area contributed by atoms with E-state index in [-0.39, 0.29) is 18.4 Å². The number of carbonyl (C=O) groups is 1. The quantitative estimate of drug-likeness (QED) is 0.838. The minimum absolute atomic E-state index is 0.0770. The minimum atomic E-state index is 0.0770. The fourth-order valence-corrected chi connectivity index (χ4v) is 3.70. The van der Waals surface area contributed by atoms with E-state index in [4.69, 9.17) is 5.11 Å². The maximum atomic E-state index is 12.4. The molecule has 2 bridgehead atoms. The van der Waals surface area contributed by atoms with Crippen molar-refractivity contribution in [3.8, 4) is 11.8 Å². The van der Waals surface area contributed by atoms with Crippen molar-refractivity contribution in [3.05, 3.63) is 29.8 Å². The largest absolute Gasteiger partial charge is 0.395 e. The molecule has 2 saturated carbocycles. The molecule has 2 N–H and O–H groups in total. The lowest BCUT2D eigenvalue weighted by Crippen LogP contribution is -2.27. The summed E-state index contributed by atoms with van der Waals surface area (Å²) in [6.07, 6.45) is 5.30. The average Bonchev–Trinajstić information content (AvgIpc) is 3.11. The van der Waals surface area contributed by atoms with E-state index in [1.165, 1.54) is 19.3 Å². The van der Waals surface area contributed by atoms with Gasteiger partial charge in [-0.05, 0) is 49.3 Å². The van der Waals surface area contributed by atoms with Gasteiger partial charge >= 0.3 is 0 Å². The number of anilines is 1. The van der Waals surface area contributed by atoms with Gasteiger partial charge in [-0.2, -0.15) is 0 Å². The molecule has 1 aromatic carbocycles. The second kappa shape index (κ2) is 6.32. The van der Waals surface area contributed by atoms with Gasteiger partial charge in [0.25, 0.3) is 0 Å². The summed E-state index contributed by atoms with van der Waals surface area (Å²) in [4.78, 5) is 12.4. The number of fused-ring (bicyclic) bond motifs is 2. The van der Waals surface area contributed by atoms with Gasteiger partial charge in [-0.1, -0.05) is 24.3 Å². The molecule has 0 spiro atoms. The Hall–Kier alpha value is -1.79. The Morgan fingerprint density at radius 1 is 1.33 bits per heavy atom. The molecule has 0 aliphatic heterocycles. The first-order valence-electron chi connectivity index (χ1n) is 7.77. The fraction of sp³-hybridized carbons (Fsp3) is 0.500. The zero-order valence-corrected chi connectivity index (χ0v) is 12.1. The summed E-state index contributed by atoms with van der Waals surface area (Å²) >= 11 is 0. The zero-order valence-electron chi connectivity index (χ0n) is 12.1. The molecule has 0 saturated heterocycles. The lowest BCUT2D eigenvalue weighted by molar-refractivity contribution is -0.121. The zero-order chi connectivity index (χ0) is 14.7. The van der Waals surface area contributed by atoms with Crippen molar-refractivity contribution in [2.75, 3.05) is 11.9 Å². The Labute approximate surface area is 125 Å². The molecule has 0 radical (unpaired) electrons. The van der Waals surface area contributed by atoms with E-state index in [1.54, 1.807) is 0 Å². The van der Waals surface area contributed by atoms with Gasteiger partial charge in [-0.15, -0.1) is 0 Å². The van der Waals surface area contributed by atoms with Gasteiger partial charge in [0.15, 0.2) is 0 Å². The number of benzene rings is 1. The highest BCUT2D eigenvalue weighted by Crippen LogP contribution is 2.48. The Morgan fingerprint density at radius 3 is 2.95 bits per heavy atom. The third kappa shape index (κ3) is 3.28. The first-order chi connectivity index (χ1) is 10.3. The smallest absolute Gasteiger partial charge is 0.227 e. The Balaban J connectivity index is 1.64. The van der Waals surface area contributed by atoms with Gasteiger partial charge in [-0.25, -0.2) is 0 Å². The molecule has 1 aromatic rings. The van der Waals surface area contributed by atoms with Crippen molar-refractivity contribution in [2.24, 2.45) is 17.8 Å². The molecule has 2 aliphatic rings. The van der Waals surface area contributed by atoms with Crippen LogP contribution in [0.15, 0.2) is 24.3 Å². The number of amides is 1. The van der Waals surface area contributed by atoms with Gasteiger partial charge in [-0.3, -0.25) is 4.79 Å². The molecule has 3 nitrogen and oxygen atoms in total. The molecule has 0 heterocycles. The molecule has 3 atom stereocenters. The van der Waals surface area contributed by atoms with Crippen molar-refractivity contribution < 1.29 is 9.90 Å². The monoisotopic (exact) mass is 283 g/mol. The maximum Gasteiger partial charge on any atom is 0.227 e. The summed E-state index contributed by atoms with van der Waals surface area (Å²) in [7, 11) is 0. The molecular weight excluding hydrogens is 262 g/mol. The molecule has 3 heteroatoms. The van der Waals surface area contributed by atoms with Crippen molar-refractivity contribution in [3.63, 3.8) is 0 Å². The van der Waals surface area contributed by atoms with E-state index < -0.39 is 0 Å². The first-order valence-corrected chi connectivity index (χ1v) is 7.77. The number of rotatable bonds is 3. The average molecular weight is 283 g/mol. The summed E-state index contributed by atoms with van der Waals surface area (Å²) in [5.74, 6) is 7.64. The SMILES string of the molecule is O=C(Nc1cccc(C#CCCO)c1)C1CC2CCC1C2. The van der Waals surface area contributed by atoms with Gasteiger partial charge in [0.1, 0.15) is 0 Å². The van der Waals surface area contributed by atoms with Gasteiger partial charge in [0, 0.05) is 23.6 Å². The number of nitrogens with one attached hydrogen (secondary N) is 1. The minimum Gasteiger partial charge on any atom is -0.395 e. The van der Waals surface area contributed by atoms with Gasteiger partial charge < -0.3 is 10.4 Å². The first kappa shape index (κ1) is 14.2. The van der Waals surface area contributed by atoms with E-state index in [2.05, 4.69) is 17.2 Å². The predicted molar refractivity (Wildman–Crippen MR) is 82.6 cm³/mol. The summed E-state index contributed by atoms with van der Waals surface area (Å²) in [5, 5.41) is 11.8. The van der Waals surface area contributed by atoms with E-state index in [0.29, 0.717) is 12.3 Å². The third-order valence-electron chi connectivity index (χ3n) is 4.67. The summed E-state index contributed by atoms with van der Waals surface area (Å²) < 4.78 is 0. The molecule has 1 amide bonds.